The van der Waals surface area contributed by atoms with Crippen molar-refractivity contribution >= 4 is 21.8 Å². The summed E-state index contributed by atoms with van der Waals surface area (Å²) >= 11 is 3.33. The number of aliphatic hydroxyl groups is 1. The van der Waals surface area contributed by atoms with E-state index >= 15 is 0 Å². The van der Waals surface area contributed by atoms with E-state index in [1.165, 1.54) is 0 Å². The van der Waals surface area contributed by atoms with Gasteiger partial charge in [-0.25, -0.2) is 4.98 Å². The van der Waals surface area contributed by atoms with Gasteiger partial charge >= 0.3 is 0 Å². The number of carbonyl (C=O) groups is 1. The lowest BCUT2D eigenvalue weighted by molar-refractivity contribution is -0.136. The predicted molar refractivity (Wildman–Crippen MR) is 81.7 cm³/mol. The van der Waals surface area contributed by atoms with Crippen LogP contribution in [0.4, 0.5) is 0 Å². The Morgan fingerprint density at radius 3 is 2.57 bits per heavy atom. The van der Waals surface area contributed by atoms with Gasteiger partial charge in [-0.05, 0) is 77.9 Å². The molecule has 4 saturated carbocycles. The third kappa shape index (κ3) is 2.40. The monoisotopic (exact) mass is 350 g/mol. The quantitative estimate of drug-likeness (QED) is 0.861. The zero-order valence-corrected chi connectivity index (χ0v) is 13.3. The molecule has 4 bridgehead atoms. The minimum absolute atomic E-state index is 0.0908. The summed E-state index contributed by atoms with van der Waals surface area (Å²) in [5.74, 6) is 1.43. The Morgan fingerprint density at radius 2 is 2.00 bits per heavy atom. The summed E-state index contributed by atoms with van der Waals surface area (Å²) in [5.41, 5.74) is 0.0128. The highest BCUT2D eigenvalue weighted by Gasteiger charge is 2.55. The van der Waals surface area contributed by atoms with Gasteiger partial charge in [-0.2, -0.15) is 0 Å². The number of rotatable bonds is 2. The number of pyridine rings is 1. The Balaban J connectivity index is 1.50. The normalized spacial score (nSPS) is 40.3. The van der Waals surface area contributed by atoms with Gasteiger partial charge in [0, 0.05) is 16.7 Å². The van der Waals surface area contributed by atoms with Gasteiger partial charge in [-0.15, -0.1) is 0 Å². The number of hydrogen-bond acceptors (Lipinski definition) is 3. The summed E-state index contributed by atoms with van der Waals surface area (Å²) < 4.78 is 0.871. The molecule has 4 nitrogen and oxygen atoms in total. The summed E-state index contributed by atoms with van der Waals surface area (Å²) in [6.45, 7) is 0. The Morgan fingerprint density at radius 1 is 1.29 bits per heavy atom. The second-order valence-corrected chi connectivity index (χ2v) is 7.97. The number of hydrogen-bond donors (Lipinski definition) is 2. The molecule has 0 saturated heterocycles. The number of amides is 1. The molecule has 0 radical (unpaired) electrons. The summed E-state index contributed by atoms with van der Waals surface area (Å²) in [7, 11) is 0. The fraction of sp³-hybridized carbons (Fsp3) is 0.625. The number of nitrogens with zero attached hydrogens (tertiary/aromatic N) is 1. The summed E-state index contributed by atoms with van der Waals surface area (Å²) in [4.78, 5) is 16.5. The Kier molecular flexibility index (Phi) is 3.12. The lowest BCUT2D eigenvalue weighted by atomic mass is 9.52. The van der Waals surface area contributed by atoms with Crippen molar-refractivity contribution in [1.29, 1.82) is 0 Å². The SMILES string of the molecule is O=C(N[C@H]1C2CC3CC1C[C@](O)(C3)C2)c1ccc(Br)cn1. The van der Waals surface area contributed by atoms with Crippen molar-refractivity contribution in [1.82, 2.24) is 10.3 Å². The number of aromatic nitrogens is 1. The van der Waals surface area contributed by atoms with Gasteiger partial charge < -0.3 is 10.4 Å². The first-order valence-electron chi connectivity index (χ1n) is 7.67. The van der Waals surface area contributed by atoms with Gasteiger partial charge in [0.15, 0.2) is 0 Å². The van der Waals surface area contributed by atoms with Crippen LogP contribution in [-0.2, 0) is 0 Å². The Hall–Kier alpha value is -0.940. The summed E-state index contributed by atoms with van der Waals surface area (Å²) in [6, 6.07) is 3.78. The number of halogens is 1. The maximum atomic E-state index is 12.4. The van der Waals surface area contributed by atoms with Gasteiger partial charge in [0.1, 0.15) is 5.69 Å². The van der Waals surface area contributed by atoms with E-state index in [9.17, 15) is 9.90 Å². The molecule has 4 aliphatic carbocycles. The molecule has 5 rings (SSSR count). The van der Waals surface area contributed by atoms with E-state index in [0.717, 1.165) is 36.6 Å². The van der Waals surface area contributed by atoms with Crippen molar-refractivity contribution in [3.05, 3.63) is 28.5 Å². The van der Waals surface area contributed by atoms with Crippen LogP contribution in [-0.4, -0.2) is 27.6 Å². The lowest BCUT2D eigenvalue weighted by Crippen LogP contribution is -2.61. The molecule has 0 aromatic carbocycles. The first-order chi connectivity index (χ1) is 10.0. The first kappa shape index (κ1) is 13.7. The van der Waals surface area contributed by atoms with E-state index in [4.69, 9.17) is 0 Å². The molecule has 1 heterocycles. The van der Waals surface area contributed by atoms with E-state index in [1.807, 2.05) is 6.07 Å². The van der Waals surface area contributed by atoms with E-state index < -0.39 is 5.60 Å². The van der Waals surface area contributed by atoms with Crippen LogP contribution in [0.5, 0.6) is 0 Å². The average Bonchev–Trinajstić information content (AvgIpc) is 2.41. The van der Waals surface area contributed by atoms with Crippen LogP contribution in [0.15, 0.2) is 22.8 Å². The highest BCUT2D eigenvalue weighted by molar-refractivity contribution is 9.10. The standard InChI is InChI=1S/C16H19BrN2O2/c17-12-1-2-13(18-8-12)15(20)19-14-10-3-9-4-11(14)7-16(21,5-9)6-10/h1-2,8-11,14,21H,3-7H2,(H,19,20)/t9?,10?,11?,14-,16-. The highest BCUT2D eigenvalue weighted by atomic mass is 79.9. The lowest BCUT2D eigenvalue weighted by Gasteiger charge is -2.58. The molecule has 112 valence electrons. The molecule has 2 unspecified atom stereocenters. The highest BCUT2D eigenvalue weighted by Crippen LogP contribution is 2.55. The fourth-order valence-electron chi connectivity index (χ4n) is 4.95. The van der Waals surface area contributed by atoms with Crippen molar-refractivity contribution in [3.63, 3.8) is 0 Å². The molecule has 0 spiro atoms. The van der Waals surface area contributed by atoms with Crippen LogP contribution < -0.4 is 5.32 Å². The molecule has 4 aliphatic rings. The second-order valence-electron chi connectivity index (χ2n) is 7.06. The van der Waals surface area contributed by atoms with Gasteiger partial charge in [0.05, 0.1) is 5.60 Å². The molecule has 1 aromatic heterocycles. The van der Waals surface area contributed by atoms with Crippen LogP contribution in [0.3, 0.4) is 0 Å². The molecule has 0 aliphatic heterocycles. The van der Waals surface area contributed by atoms with E-state index in [1.54, 1.807) is 12.3 Å². The minimum Gasteiger partial charge on any atom is -0.390 e. The summed E-state index contributed by atoms with van der Waals surface area (Å²) in [6.07, 6.45) is 6.61. The molecule has 2 atom stereocenters. The van der Waals surface area contributed by atoms with Crippen LogP contribution in [0.25, 0.3) is 0 Å². The molecule has 21 heavy (non-hydrogen) atoms. The zero-order valence-electron chi connectivity index (χ0n) is 11.8. The molecule has 4 fully saturated rings. The molecule has 5 heteroatoms. The molecule has 2 N–H and O–H groups in total. The van der Waals surface area contributed by atoms with Gasteiger partial charge in [0.25, 0.3) is 5.91 Å². The maximum Gasteiger partial charge on any atom is 0.270 e. The van der Waals surface area contributed by atoms with Crippen molar-refractivity contribution in [2.45, 2.75) is 43.7 Å². The molecular weight excluding hydrogens is 332 g/mol. The van der Waals surface area contributed by atoms with Gasteiger partial charge in [0.2, 0.25) is 0 Å². The van der Waals surface area contributed by atoms with Gasteiger partial charge in [-0.3, -0.25) is 4.79 Å². The van der Waals surface area contributed by atoms with Crippen molar-refractivity contribution in [2.24, 2.45) is 17.8 Å². The van der Waals surface area contributed by atoms with Gasteiger partial charge in [-0.1, -0.05) is 0 Å². The van der Waals surface area contributed by atoms with Crippen LogP contribution in [0.2, 0.25) is 0 Å². The third-order valence-corrected chi connectivity index (χ3v) is 5.97. The van der Waals surface area contributed by atoms with Crippen LogP contribution in [0, 0.1) is 17.8 Å². The second kappa shape index (κ2) is 4.78. The molecule has 1 aromatic rings. The van der Waals surface area contributed by atoms with Crippen molar-refractivity contribution in [3.8, 4) is 0 Å². The maximum absolute atomic E-state index is 12.4. The first-order valence-corrected chi connectivity index (χ1v) is 8.46. The van der Waals surface area contributed by atoms with E-state index in [2.05, 4.69) is 26.2 Å². The third-order valence-electron chi connectivity index (χ3n) is 5.50. The Labute approximate surface area is 132 Å². The van der Waals surface area contributed by atoms with Crippen molar-refractivity contribution < 1.29 is 9.90 Å². The van der Waals surface area contributed by atoms with Crippen molar-refractivity contribution in [2.75, 3.05) is 0 Å². The number of carbonyl (C=O) groups excluding carboxylic acids is 1. The van der Waals surface area contributed by atoms with Crippen LogP contribution in [0.1, 0.15) is 42.6 Å². The average molecular weight is 351 g/mol. The Bertz CT molecular complexity index is 558. The van der Waals surface area contributed by atoms with E-state index in [0.29, 0.717) is 23.4 Å². The predicted octanol–water partition coefficient (Wildman–Crippen LogP) is 2.51. The topological polar surface area (TPSA) is 62.2 Å². The smallest absolute Gasteiger partial charge is 0.270 e. The van der Waals surface area contributed by atoms with E-state index in [-0.39, 0.29) is 11.9 Å². The fourth-order valence-corrected chi connectivity index (χ4v) is 5.19. The number of nitrogens with one attached hydrogen (secondary N) is 1. The van der Waals surface area contributed by atoms with Crippen LogP contribution >= 0.6 is 15.9 Å². The molecule has 1 amide bonds. The largest absolute Gasteiger partial charge is 0.390 e. The summed E-state index contributed by atoms with van der Waals surface area (Å²) in [5, 5.41) is 13.8. The molecular formula is C16H19BrN2O2. The zero-order chi connectivity index (χ0) is 14.6. The minimum atomic E-state index is -0.451.